The standard InChI is InChI=1S/C24H29N5/c1-18-9-10-19(2)22(15-18)27-23-16-24(26-20(3)25-23)29-13-11-28(12-14-29)17-21-7-5-4-6-8-21/h4-10,15-16H,11-14,17H2,1-3H3,(H,25,26,27). The average Bonchev–Trinajstić information content (AvgIpc) is 2.72. The van der Waals surface area contributed by atoms with E-state index in [-0.39, 0.29) is 0 Å². The molecule has 0 radical (unpaired) electrons. The summed E-state index contributed by atoms with van der Waals surface area (Å²) in [6.07, 6.45) is 0. The Morgan fingerprint density at radius 3 is 2.38 bits per heavy atom. The van der Waals surface area contributed by atoms with E-state index in [1.165, 1.54) is 16.7 Å². The molecule has 1 aromatic heterocycles. The molecule has 5 heteroatoms. The van der Waals surface area contributed by atoms with Gasteiger partial charge in [-0.25, -0.2) is 9.97 Å². The summed E-state index contributed by atoms with van der Waals surface area (Å²) in [4.78, 5) is 14.2. The first-order valence-corrected chi connectivity index (χ1v) is 10.3. The lowest BCUT2D eigenvalue weighted by atomic mass is 10.1. The zero-order valence-corrected chi connectivity index (χ0v) is 17.5. The topological polar surface area (TPSA) is 44.3 Å². The lowest BCUT2D eigenvalue weighted by Crippen LogP contribution is -2.46. The van der Waals surface area contributed by atoms with Crippen LogP contribution in [0.15, 0.2) is 54.6 Å². The fourth-order valence-corrected chi connectivity index (χ4v) is 3.76. The van der Waals surface area contributed by atoms with E-state index in [0.717, 1.165) is 55.9 Å². The summed E-state index contributed by atoms with van der Waals surface area (Å²) in [6, 6.07) is 19.2. The van der Waals surface area contributed by atoms with Crippen molar-refractivity contribution in [3.63, 3.8) is 0 Å². The molecule has 0 unspecified atom stereocenters. The second kappa shape index (κ2) is 8.62. The Hall–Kier alpha value is -2.92. The maximum atomic E-state index is 4.70. The molecule has 0 aliphatic carbocycles. The molecule has 0 saturated carbocycles. The Morgan fingerprint density at radius 1 is 0.862 bits per heavy atom. The highest BCUT2D eigenvalue weighted by Gasteiger charge is 2.19. The van der Waals surface area contributed by atoms with Crippen molar-refractivity contribution in [3.8, 4) is 0 Å². The van der Waals surface area contributed by atoms with Gasteiger partial charge in [-0.1, -0.05) is 42.5 Å². The van der Waals surface area contributed by atoms with Crippen LogP contribution >= 0.6 is 0 Å². The number of aryl methyl sites for hydroxylation is 3. The summed E-state index contributed by atoms with van der Waals surface area (Å²) in [7, 11) is 0. The number of nitrogens with zero attached hydrogens (tertiary/aromatic N) is 4. The Bertz CT molecular complexity index is 962. The SMILES string of the molecule is Cc1ccc(C)c(Nc2cc(N3CCN(Cc4ccccc4)CC3)nc(C)n2)c1. The van der Waals surface area contributed by atoms with Crippen LogP contribution in [0.3, 0.4) is 0 Å². The number of anilines is 3. The van der Waals surface area contributed by atoms with Crippen LogP contribution in [-0.2, 0) is 6.54 Å². The first-order chi connectivity index (χ1) is 14.1. The third kappa shape index (κ3) is 4.93. The summed E-state index contributed by atoms with van der Waals surface area (Å²) in [5.74, 6) is 2.65. The number of piperazine rings is 1. The fraction of sp³-hybridized carbons (Fsp3) is 0.333. The van der Waals surface area contributed by atoms with Crippen molar-refractivity contribution in [2.24, 2.45) is 0 Å². The highest BCUT2D eigenvalue weighted by atomic mass is 15.3. The highest BCUT2D eigenvalue weighted by molar-refractivity contribution is 5.63. The Kier molecular flexibility index (Phi) is 5.76. The number of aromatic nitrogens is 2. The lowest BCUT2D eigenvalue weighted by Gasteiger charge is -2.35. The molecule has 4 rings (SSSR count). The number of rotatable bonds is 5. The zero-order chi connectivity index (χ0) is 20.2. The van der Waals surface area contributed by atoms with Crippen LogP contribution in [0, 0.1) is 20.8 Å². The van der Waals surface area contributed by atoms with Gasteiger partial charge in [-0.3, -0.25) is 4.90 Å². The van der Waals surface area contributed by atoms with Gasteiger partial charge in [-0.15, -0.1) is 0 Å². The summed E-state index contributed by atoms with van der Waals surface area (Å²) >= 11 is 0. The molecule has 3 aromatic rings. The van der Waals surface area contributed by atoms with Crippen molar-refractivity contribution in [1.82, 2.24) is 14.9 Å². The third-order valence-electron chi connectivity index (χ3n) is 5.43. The number of benzene rings is 2. The smallest absolute Gasteiger partial charge is 0.136 e. The molecular formula is C24H29N5. The lowest BCUT2D eigenvalue weighted by molar-refractivity contribution is 0.249. The summed E-state index contributed by atoms with van der Waals surface area (Å²) in [5.41, 5.74) is 4.92. The number of hydrogen-bond acceptors (Lipinski definition) is 5. The van der Waals surface area contributed by atoms with E-state index in [0.29, 0.717) is 0 Å². The van der Waals surface area contributed by atoms with E-state index >= 15 is 0 Å². The largest absolute Gasteiger partial charge is 0.354 e. The minimum Gasteiger partial charge on any atom is -0.354 e. The van der Waals surface area contributed by atoms with Crippen LogP contribution in [0.2, 0.25) is 0 Å². The van der Waals surface area contributed by atoms with Crippen LogP contribution in [0.1, 0.15) is 22.5 Å². The molecule has 2 aromatic carbocycles. The summed E-state index contributed by atoms with van der Waals surface area (Å²) < 4.78 is 0. The fourth-order valence-electron chi connectivity index (χ4n) is 3.76. The molecule has 0 atom stereocenters. The van der Waals surface area contributed by atoms with Crippen LogP contribution < -0.4 is 10.2 Å². The van der Waals surface area contributed by atoms with Crippen molar-refractivity contribution in [3.05, 3.63) is 77.1 Å². The van der Waals surface area contributed by atoms with Crippen molar-refractivity contribution in [2.75, 3.05) is 36.4 Å². The highest BCUT2D eigenvalue weighted by Crippen LogP contribution is 2.24. The first-order valence-electron chi connectivity index (χ1n) is 10.3. The van der Waals surface area contributed by atoms with E-state index in [4.69, 9.17) is 4.98 Å². The van der Waals surface area contributed by atoms with Crippen LogP contribution in [0.5, 0.6) is 0 Å². The molecule has 2 heterocycles. The van der Waals surface area contributed by atoms with Crippen LogP contribution in [-0.4, -0.2) is 41.0 Å². The minimum absolute atomic E-state index is 0.794. The molecule has 1 N–H and O–H groups in total. The van der Waals surface area contributed by atoms with E-state index in [1.54, 1.807) is 0 Å². The Balaban J connectivity index is 1.43. The van der Waals surface area contributed by atoms with E-state index in [9.17, 15) is 0 Å². The minimum atomic E-state index is 0.794. The molecule has 150 valence electrons. The summed E-state index contributed by atoms with van der Waals surface area (Å²) in [6.45, 7) is 11.2. The molecule has 0 amide bonds. The van der Waals surface area contributed by atoms with Gasteiger partial charge in [-0.2, -0.15) is 0 Å². The van der Waals surface area contributed by atoms with Crippen LogP contribution in [0.4, 0.5) is 17.3 Å². The Morgan fingerprint density at radius 2 is 1.62 bits per heavy atom. The molecule has 29 heavy (non-hydrogen) atoms. The van der Waals surface area contributed by atoms with Gasteiger partial charge in [0.1, 0.15) is 17.5 Å². The molecule has 1 fully saturated rings. The quantitative estimate of drug-likeness (QED) is 0.700. The van der Waals surface area contributed by atoms with Gasteiger partial charge >= 0.3 is 0 Å². The van der Waals surface area contributed by atoms with Crippen molar-refractivity contribution >= 4 is 17.3 Å². The molecule has 0 spiro atoms. The van der Waals surface area contributed by atoms with Crippen LogP contribution in [0.25, 0.3) is 0 Å². The number of hydrogen-bond donors (Lipinski definition) is 1. The van der Waals surface area contributed by atoms with Crippen molar-refractivity contribution in [2.45, 2.75) is 27.3 Å². The first kappa shape index (κ1) is 19.4. The predicted octanol–water partition coefficient (Wildman–Crippen LogP) is 4.47. The number of nitrogens with one attached hydrogen (secondary N) is 1. The van der Waals surface area contributed by atoms with Gasteiger partial charge in [0.15, 0.2) is 0 Å². The van der Waals surface area contributed by atoms with Gasteiger partial charge in [0.25, 0.3) is 0 Å². The van der Waals surface area contributed by atoms with E-state index in [2.05, 4.69) is 88.5 Å². The van der Waals surface area contributed by atoms with Gasteiger partial charge < -0.3 is 10.2 Å². The molecule has 5 nitrogen and oxygen atoms in total. The predicted molar refractivity (Wildman–Crippen MR) is 120 cm³/mol. The van der Waals surface area contributed by atoms with E-state index in [1.807, 2.05) is 6.92 Å². The molecule has 0 bridgehead atoms. The maximum Gasteiger partial charge on any atom is 0.136 e. The normalized spacial score (nSPS) is 14.8. The van der Waals surface area contributed by atoms with Gasteiger partial charge in [0, 0.05) is 44.5 Å². The maximum absolute atomic E-state index is 4.70. The third-order valence-corrected chi connectivity index (χ3v) is 5.43. The van der Waals surface area contributed by atoms with Gasteiger partial charge in [0.2, 0.25) is 0 Å². The second-order valence-electron chi connectivity index (χ2n) is 7.85. The zero-order valence-electron chi connectivity index (χ0n) is 17.5. The summed E-state index contributed by atoms with van der Waals surface area (Å²) in [5, 5.41) is 3.49. The average molecular weight is 388 g/mol. The molecular weight excluding hydrogens is 358 g/mol. The monoisotopic (exact) mass is 387 g/mol. The van der Waals surface area contributed by atoms with Gasteiger partial charge in [-0.05, 0) is 43.5 Å². The van der Waals surface area contributed by atoms with Crippen molar-refractivity contribution in [1.29, 1.82) is 0 Å². The molecule has 1 aliphatic heterocycles. The molecule has 1 saturated heterocycles. The van der Waals surface area contributed by atoms with Crippen molar-refractivity contribution < 1.29 is 0 Å². The second-order valence-corrected chi connectivity index (χ2v) is 7.85. The molecule has 1 aliphatic rings. The van der Waals surface area contributed by atoms with E-state index < -0.39 is 0 Å². The van der Waals surface area contributed by atoms with Gasteiger partial charge in [0.05, 0.1) is 0 Å². The Labute approximate surface area is 173 Å².